The number of carbonyl (C=O) groups excluding carboxylic acids is 3. The van der Waals surface area contributed by atoms with Crippen LogP contribution < -0.4 is 4.74 Å². The third-order valence-corrected chi connectivity index (χ3v) is 5.09. The van der Waals surface area contributed by atoms with E-state index in [0.717, 1.165) is 0 Å². The van der Waals surface area contributed by atoms with E-state index in [1.54, 1.807) is 43.0 Å². The number of allylic oxidation sites excluding steroid dienone is 1. The molecular formula is C19H20N2O5S. The highest BCUT2D eigenvalue weighted by atomic mass is 32.2. The first kappa shape index (κ1) is 19.2. The van der Waals surface area contributed by atoms with Gasteiger partial charge in [0, 0.05) is 19.1 Å². The van der Waals surface area contributed by atoms with E-state index in [0.29, 0.717) is 39.9 Å². The summed E-state index contributed by atoms with van der Waals surface area (Å²) in [6.45, 7) is 4.99. The van der Waals surface area contributed by atoms with Crippen molar-refractivity contribution in [1.29, 1.82) is 0 Å². The molecule has 0 unspecified atom stereocenters. The van der Waals surface area contributed by atoms with Crippen LogP contribution in [0.15, 0.2) is 40.5 Å². The zero-order chi connectivity index (χ0) is 19.6. The molecule has 1 amide bonds. The monoisotopic (exact) mass is 388 g/mol. The fourth-order valence-electron chi connectivity index (χ4n) is 3.10. The molecule has 2 aliphatic rings. The van der Waals surface area contributed by atoms with Crippen molar-refractivity contribution < 1.29 is 23.9 Å². The summed E-state index contributed by atoms with van der Waals surface area (Å²) in [5.74, 6) is -0.0630. The molecule has 0 aromatic heterocycles. The average molecular weight is 388 g/mol. The summed E-state index contributed by atoms with van der Waals surface area (Å²) >= 11 is 1.48. The maximum Gasteiger partial charge on any atom is 0.338 e. The number of aliphatic imine (C=N–C) groups is 1. The minimum absolute atomic E-state index is 0.107. The van der Waals surface area contributed by atoms with Crippen LogP contribution in [-0.4, -0.2) is 40.3 Å². The van der Waals surface area contributed by atoms with E-state index in [9.17, 15) is 14.4 Å². The number of carbonyl (C=O) groups is 3. The molecule has 0 saturated carbocycles. The van der Waals surface area contributed by atoms with Crippen LogP contribution >= 0.6 is 11.8 Å². The predicted octanol–water partition coefficient (Wildman–Crippen LogP) is 2.83. The van der Waals surface area contributed by atoms with Crippen molar-refractivity contribution in [3.05, 3.63) is 41.1 Å². The average Bonchev–Trinajstić information content (AvgIpc) is 2.60. The Hall–Kier alpha value is -2.61. The molecule has 0 bridgehead atoms. The Kier molecular flexibility index (Phi) is 5.65. The fourth-order valence-corrected chi connectivity index (χ4v) is 4.10. The summed E-state index contributed by atoms with van der Waals surface area (Å²) < 4.78 is 10.4. The van der Waals surface area contributed by atoms with Crippen LogP contribution in [0.1, 0.15) is 38.8 Å². The normalized spacial score (nSPS) is 19.4. The Labute approximate surface area is 161 Å². The molecule has 1 atom stereocenters. The van der Waals surface area contributed by atoms with Crippen LogP contribution in [0.3, 0.4) is 0 Å². The number of nitrogens with zero attached hydrogens (tertiary/aromatic N) is 2. The summed E-state index contributed by atoms with van der Waals surface area (Å²) in [7, 11) is 0. The van der Waals surface area contributed by atoms with Gasteiger partial charge in [-0.15, -0.1) is 0 Å². The highest BCUT2D eigenvalue weighted by Gasteiger charge is 2.41. The number of fused-ring (bicyclic) bond motifs is 1. The second-order valence-electron chi connectivity index (χ2n) is 6.04. The zero-order valence-corrected chi connectivity index (χ0v) is 16.2. The smallest absolute Gasteiger partial charge is 0.338 e. The lowest BCUT2D eigenvalue weighted by molar-refractivity contribution is -0.140. The van der Waals surface area contributed by atoms with Gasteiger partial charge in [-0.2, -0.15) is 0 Å². The molecule has 1 saturated heterocycles. The lowest BCUT2D eigenvalue weighted by atomic mass is 9.94. The quantitative estimate of drug-likeness (QED) is 0.582. The van der Waals surface area contributed by atoms with Gasteiger partial charge in [-0.3, -0.25) is 14.5 Å². The highest BCUT2D eigenvalue weighted by molar-refractivity contribution is 8.14. The van der Waals surface area contributed by atoms with Crippen LogP contribution in [0, 0.1) is 0 Å². The summed E-state index contributed by atoms with van der Waals surface area (Å²) in [5, 5.41) is 0.569. The molecular weight excluding hydrogens is 368 g/mol. The van der Waals surface area contributed by atoms with Gasteiger partial charge < -0.3 is 9.47 Å². The summed E-state index contributed by atoms with van der Waals surface area (Å²) in [4.78, 5) is 42.6. The molecule has 142 valence electrons. The fraction of sp³-hybridized carbons (Fsp3) is 0.368. The SMILES string of the molecule is CCOC(=O)C1=C(C)N=C2SCCC(=O)N2[C@H]1c1cccc(OC(C)=O)c1. The Morgan fingerprint density at radius 3 is 2.85 bits per heavy atom. The minimum atomic E-state index is -0.674. The molecule has 27 heavy (non-hydrogen) atoms. The predicted molar refractivity (Wildman–Crippen MR) is 101 cm³/mol. The molecule has 2 heterocycles. The van der Waals surface area contributed by atoms with Crippen molar-refractivity contribution in [3.63, 3.8) is 0 Å². The lowest BCUT2D eigenvalue weighted by Gasteiger charge is -2.38. The van der Waals surface area contributed by atoms with Gasteiger partial charge in [-0.1, -0.05) is 23.9 Å². The highest BCUT2D eigenvalue weighted by Crippen LogP contribution is 2.41. The van der Waals surface area contributed by atoms with Crippen molar-refractivity contribution in [2.45, 2.75) is 33.2 Å². The molecule has 1 fully saturated rings. The largest absolute Gasteiger partial charge is 0.463 e. The molecule has 0 aliphatic carbocycles. The number of benzene rings is 1. The Bertz CT molecular complexity index is 861. The van der Waals surface area contributed by atoms with Gasteiger partial charge in [-0.25, -0.2) is 9.79 Å². The van der Waals surface area contributed by atoms with Gasteiger partial charge in [0.05, 0.1) is 23.9 Å². The molecule has 7 nitrogen and oxygen atoms in total. The molecule has 0 N–H and O–H groups in total. The zero-order valence-electron chi connectivity index (χ0n) is 15.4. The Balaban J connectivity index is 2.12. The maximum atomic E-state index is 12.7. The van der Waals surface area contributed by atoms with Crippen LogP contribution in [-0.2, 0) is 19.1 Å². The van der Waals surface area contributed by atoms with Gasteiger partial charge in [-0.05, 0) is 31.5 Å². The van der Waals surface area contributed by atoms with Crippen LogP contribution in [0.2, 0.25) is 0 Å². The molecule has 2 aliphatic heterocycles. The number of hydrogen-bond donors (Lipinski definition) is 0. The van der Waals surface area contributed by atoms with E-state index in [1.807, 2.05) is 0 Å². The number of esters is 2. The third-order valence-electron chi connectivity index (χ3n) is 4.14. The second-order valence-corrected chi connectivity index (χ2v) is 7.11. The van der Waals surface area contributed by atoms with E-state index >= 15 is 0 Å². The van der Waals surface area contributed by atoms with Gasteiger partial charge in [0.15, 0.2) is 5.17 Å². The standard InChI is InChI=1S/C19H20N2O5S/c1-4-25-18(24)16-11(2)20-19-21(15(23)8-9-27-19)17(16)13-6-5-7-14(10-13)26-12(3)22/h5-7,10,17H,4,8-9H2,1-3H3/t17-/m0/s1. The van der Waals surface area contributed by atoms with Crippen LogP contribution in [0.25, 0.3) is 0 Å². The summed E-state index contributed by atoms with van der Waals surface area (Å²) in [5.41, 5.74) is 1.49. The Morgan fingerprint density at radius 1 is 1.37 bits per heavy atom. The van der Waals surface area contributed by atoms with Gasteiger partial charge in [0.25, 0.3) is 0 Å². The number of amides is 1. The van der Waals surface area contributed by atoms with Crippen molar-refractivity contribution in [2.24, 2.45) is 4.99 Å². The van der Waals surface area contributed by atoms with Crippen LogP contribution in [0.4, 0.5) is 0 Å². The van der Waals surface area contributed by atoms with Crippen LogP contribution in [0.5, 0.6) is 5.75 Å². The number of rotatable bonds is 4. The molecule has 3 rings (SSSR count). The van der Waals surface area contributed by atoms with Crippen molar-refractivity contribution in [1.82, 2.24) is 4.90 Å². The summed E-state index contributed by atoms with van der Waals surface area (Å²) in [6.07, 6.45) is 0.360. The molecule has 0 radical (unpaired) electrons. The number of amidine groups is 1. The van der Waals surface area contributed by atoms with E-state index < -0.39 is 18.0 Å². The van der Waals surface area contributed by atoms with Gasteiger partial charge in [0.1, 0.15) is 5.75 Å². The molecule has 1 aromatic rings. The van der Waals surface area contributed by atoms with Crippen molar-refractivity contribution in [2.75, 3.05) is 12.4 Å². The minimum Gasteiger partial charge on any atom is -0.463 e. The maximum absolute atomic E-state index is 12.7. The third kappa shape index (κ3) is 3.90. The number of ether oxygens (including phenoxy) is 2. The van der Waals surface area contributed by atoms with E-state index in [4.69, 9.17) is 9.47 Å². The first-order chi connectivity index (χ1) is 12.9. The topological polar surface area (TPSA) is 85.3 Å². The second kappa shape index (κ2) is 7.96. The number of thioether (sulfide) groups is 1. The van der Waals surface area contributed by atoms with Crippen molar-refractivity contribution >= 4 is 34.8 Å². The summed E-state index contributed by atoms with van der Waals surface area (Å²) in [6, 6.07) is 6.15. The molecule has 8 heteroatoms. The van der Waals surface area contributed by atoms with Crippen molar-refractivity contribution in [3.8, 4) is 5.75 Å². The van der Waals surface area contributed by atoms with Gasteiger partial charge >= 0.3 is 11.9 Å². The first-order valence-corrected chi connectivity index (χ1v) is 9.60. The van der Waals surface area contributed by atoms with Gasteiger partial charge in [0.2, 0.25) is 5.91 Å². The van der Waals surface area contributed by atoms with E-state index in [-0.39, 0.29) is 12.5 Å². The van der Waals surface area contributed by atoms with E-state index in [2.05, 4.69) is 4.99 Å². The lowest BCUT2D eigenvalue weighted by Crippen LogP contribution is -2.45. The number of hydrogen-bond acceptors (Lipinski definition) is 7. The van der Waals surface area contributed by atoms with E-state index in [1.165, 1.54) is 18.7 Å². The molecule has 1 aromatic carbocycles. The first-order valence-electron chi connectivity index (χ1n) is 8.62. The Morgan fingerprint density at radius 2 is 2.15 bits per heavy atom. The molecule has 0 spiro atoms.